The molecule has 0 aliphatic carbocycles. The third-order valence-corrected chi connectivity index (χ3v) is 4.21. The predicted molar refractivity (Wildman–Crippen MR) is 68.0 cm³/mol. The molecule has 1 N–H and O–H groups in total. The number of methoxy groups -OCH3 is 2. The molecule has 4 nitrogen and oxygen atoms in total. The highest BCUT2D eigenvalue weighted by Gasteiger charge is 2.36. The first-order valence-corrected chi connectivity index (χ1v) is 6.82. The zero-order valence-corrected chi connectivity index (χ0v) is 11.3. The van der Waals surface area contributed by atoms with Crippen molar-refractivity contribution in [2.24, 2.45) is 0 Å². The molecule has 2 fully saturated rings. The van der Waals surface area contributed by atoms with E-state index in [9.17, 15) is 0 Å². The van der Waals surface area contributed by atoms with Gasteiger partial charge in [-0.2, -0.15) is 0 Å². The molecule has 4 heteroatoms. The largest absolute Gasteiger partial charge is 0.354 e. The quantitative estimate of drug-likeness (QED) is 0.735. The lowest BCUT2D eigenvalue weighted by Gasteiger charge is -2.34. The Morgan fingerprint density at radius 2 is 1.88 bits per heavy atom. The van der Waals surface area contributed by atoms with Gasteiger partial charge in [0, 0.05) is 32.8 Å². The maximum atomic E-state index is 5.31. The Kier molecular flexibility index (Phi) is 4.79. The zero-order valence-electron chi connectivity index (χ0n) is 11.3. The Morgan fingerprint density at radius 3 is 2.59 bits per heavy atom. The molecule has 2 rings (SSSR count). The van der Waals surface area contributed by atoms with E-state index < -0.39 is 0 Å². The molecule has 0 aromatic heterocycles. The summed E-state index contributed by atoms with van der Waals surface area (Å²) in [5, 5.41) is 3.69. The van der Waals surface area contributed by atoms with Gasteiger partial charge in [0.2, 0.25) is 0 Å². The first-order chi connectivity index (χ1) is 8.26. The maximum Gasteiger partial charge on any atom is 0.171 e. The van der Waals surface area contributed by atoms with Crippen LogP contribution < -0.4 is 5.32 Å². The molecule has 0 spiro atoms. The average molecular weight is 242 g/mol. The van der Waals surface area contributed by atoms with Crippen LogP contribution in [0, 0.1) is 0 Å². The second kappa shape index (κ2) is 6.14. The summed E-state index contributed by atoms with van der Waals surface area (Å²) in [5.41, 5.74) is 0. The van der Waals surface area contributed by atoms with Gasteiger partial charge in [0.15, 0.2) is 6.29 Å². The lowest BCUT2D eigenvalue weighted by molar-refractivity contribution is -0.121. The Labute approximate surface area is 105 Å². The number of fused-ring (bicyclic) bond motifs is 1. The highest BCUT2D eigenvalue weighted by molar-refractivity contribution is 4.95. The smallest absolute Gasteiger partial charge is 0.171 e. The SMILES string of the molecule is COC(OC)C(C)NC1CCN2CCCCC12. The summed E-state index contributed by atoms with van der Waals surface area (Å²) >= 11 is 0. The molecule has 0 saturated carbocycles. The van der Waals surface area contributed by atoms with E-state index in [-0.39, 0.29) is 12.3 Å². The second-order valence-corrected chi connectivity index (χ2v) is 5.29. The molecule has 17 heavy (non-hydrogen) atoms. The molecule has 0 radical (unpaired) electrons. The van der Waals surface area contributed by atoms with Crippen molar-refractivity contribution >= 4 is 0 Å². The standard InChI is InChI=1S/C13H26N2O2/c1-10(13(16-2)17-3)14-11-7-9-15-8-5-4-6-12(11)15/h10-14H,4-9H2,1-3H3. The molecule has 3 unspecified atom stereocenters. The third-order valence-electron chi connectivity index (χ3n) is 4.21. The fourth-order valence-corrected chi connectivity index (χ4v) is 3.36. The van der Waals surface area contributed by atoms with Crippen LogP contribution in [0.2, 0.25) is 0 Å². The van der Waals surface area contributed by atoms with Crippen LogP contribution in [0.15, 0.2) is 0 Å². The van der Waals surface area contributed by atoms with Crippen LogP contribution in [0.3, 0.4) is 0 Å². The monoisotopic (exact) mass is 242 g/mol. The Hall–Kier alpha value is -0.160. The summed E-state index contributed by atoms with van der Waals surface area (Å²) in [6.45, 7) is 4.68. The molecule has 0 aromatic carbocycles. The molecule has 2 heterocycles. The Morgan fingerprint density at radius 1 is 1.12 bits per heavy atom. The van der Waals surface area contributed by atoms with Crippen molar-refractivity contribution in [1.82, 2.24) is 10.2 Å². The highest BCUT2D eigenvalue weighted by atomic mass is 16.7. The first kappa shape index (κ1) is 13.3. The summed E-state index contributed by atoms with van der Waals surface area (Å²) in [5.74, 6) is 0. The molecule has 2 aliphatic heterocycles. The lowest BCUT2D eigenvalue weighted by atomic mass is 9.98. The fourth-order valence-electron chi connectivity index (χ4n) is 3.36. The van der Waals surface area contributed by atoms with Crippen molar-refractivity contribution < 1.29 is 9.47 Å². The van der Waals surface area contributed by atoms with Crippen molar-refractivity contribution in [2.75, 3.05) is 27.3 Å². The van der Waals surface area contributed by atoms with Gasteiger partial charge < -0.3 is 14.8 Å². The minimum Gasteiger partial charge on any atom is -0.354 e. The van der Waals surface area contributed by atoms with Crippen LogP contribution in [-0.2, 0) is 9.47 Å². The molecular weight excluding hydrogens is 216 g/mol. The van der Waals surface area contributed by atoms with Gasteiger partial charge >= 0.3 is 0 Å². The van der Waals surface area contributed by atoms with E-state index in [0.29, 0.717) is 6.04 Å². The predicted octanol–water partition coefficient (Wildman–Crippen LogP) is 1.21. The molecule has 0 aromatic rings. The van der Waals surface area contributed by atoms with E-state index in [4.69, 9.17) is 9.47 Å². The van der Waals surface area contributed by atoms with Gasteiger partial charge in [-0.15, -0.1) is 0 Å². The summed E-state index contributed by atoms with van der Waals surface area (Å²) in [4.78, 5) is 2.64. The van der Waals surface area contributed by atoms with Gasteiger partial charge in [-0.3, -0.25) is 4.90 Å². The van der Waals surface area contributed by atoms with Gasteiger partial charge in [-0.05, 0) is 32.7 Å². The van der Waals surface area contributed by atoms with Gasteiger partial charge in [-0.1, -0.05) is 6.42 Å². The summed E-state index contributed by atoms with van der Waals surface area (Å²) < 4.78 is 10.6. The molecule has 0 bridgehead atoms. The minimum atomic E-state index is -0.146. The van der Waals surface area contributed by atoms with Crippen molar-refractivity contribution in [3.8, 4) is 0 Å². The Balaban J connectivity index is 1.86. The van der Waals surface area contributed by atoms with Crippen molar-refractivity contribution in [2.45, 2.75) is 57.0 Å². The van der Waals surface area contributed by atoms with E-state index in [0.717, 1.165) is 6.04 Å². The lowest BCUT2D eigenvalue weighted by Crippen LogP contribution is -2.51. The number of rotatable bonds is 5. The van der Waals surface area contributed by atoms with Crippen LogP contribution in [0.4, 0.5) is 0 Å². The van der Waals surface area contributed by atoms with Crippen LogP contribution in [-0.4, -0.2) is 56.6 Å². The number of nitrogens with zero attached hydrogens (tertiary/aromatic N) is 1. The zero-order chi connectivity index (χ0) is 12.3. The normalized spacial score (nSPS) is 31.8. The molecule has 0 amide bonds. The van der Waals surface area contributed by atoms with E-state index in [1.807, 2.05) is 0 Å². The number of hydrogen-bond donors (Lipinski definition) is 1. The van der Waals surface area contributed by atoms with Crippen LogP contribution >= 0.6 is 0 Å². The van der Waals surface area contributed by atoms with Gasteiger partial charge in [0.05, 0.1) is 6.04 Å². The number of ether oxygens (including phenoxy) is 2. The van der Waals surface area contributed by atoms with Crippen molar-refractivity contribution in [3.05, 3.63) is 0 Å². The van der Waals surface area contributed by atoms with Crippen molar-refractivity contribution in [3.63, 3.8) is 0 Å². The highest BCUT2D eigenvalue weighted by Crippen LogP contribution is 2.27. The van der Waals surface area contributed by atoms with E-state index in [2.05, 4.69) is 17.1 Å². The van der Waals surface area contributed by atoms with Gasteiger partial charge in [0.25, 0.3) is 0 Å². The number of nitrogens with one attached hydrogen (secondary N) is 1. The minimum absolute atomic E-state index is 0.146. The van der Waals surface area contributed by atoms with E-state index in [1.54, 1.807) is 14.2 Å². The fraction of sp³-hybridized carbons (Fsp3) is 1.00. The number of hydrogen-bond acceptors (Lipinski definition) is 4. The topological polar surface area (TPSA) is 33.7 Å². The summed E-state index contributed by atoms with van der Waals surface area (Å²) in [6.07, 6.45) is 5.21. The molecule has 3 atom stereocenters. The maximum absolute atomic E-state index is 5.31. The van der Waals surface area contributed by atoms with E-state index in [1.165, 1.54) is 38.8 Å². The molecular formula is C13H26N2O2. The number of piperidine rings is 1. The summed E-state index contributed by atoms with van der Waals surface area (Å²) in [6, 6.07) is 1.59. The molecule has 100 valence electrons. The average Bonchev–Trinajstić information content (AvgIpc) is 2.74. The van der Waals surface area contributed by atoms with Gasteiger partial charge in [0.1, 0.15) is 0 Å². The van der Waals surface area contributed by atoms with Crippen LogP contribution in [0.5, 0.6) is 0 Å². The van der Waals surface area contributed by atoms with Gasteiger partial charge in [-0.25, -0.2) is 0 Å². The van der Waals surface area contributed by atoms with Crippen LogP contribution in [0.25, 0.3) is 0 Å². The van der Waals surface area contributed by atoms with Crippen LogP contribution in [0.1, 0.15) is 32.6 Å². The molecule has 2 saturated heterocycles. The first-order valence-electron chi connectivity index (χ1n) is 6.82. The Bertz CT molecular complexity index is 233. The summed E-state index contributed by atoms with van der Waals surface area (Å²) in [7, 11) is 3.40. The molecule has 2 aliphatic rings. The second-order valence-electron chi connectivity index (χ2n) is 5.29. The third kappa shape index (κ3) is 2.99. The van der Waals surface area contributed by atoms with E-state index >= 15 is 0 Å². The van der Waals surface area contributed by atoms with Crippen molar-refractivity contribution in [1.29, 1.82) is 0 Å².